The minimum absolute atomic E-state index is 0.164. The molecule has 0 saturated heterocycles. The lowest BCUT2D eigenvalue weighted by Crippen LogP contribution is -2.11. The van der Waals surface area contributed by atoms with Gasteiger partial charge in [0.1, 0.15) is 63.6 Å². The number of nitrogens with one attached hydrogen (secondary N) is 5. The molecule has 0 aliphatic carbocycles. The van der Waals surface area contributed by atoms with E-state index >= 15 is 0 Å². The Labute approximate surface area is 483 Å². The van der Waals surface area contributed by atoms with Crippen molar-refractivity contribution in [3.05, 3.63) is 107 Å². The van der Waals surface area contributed by atoms with Gasteiger partial charge >= 0.3 is 0 Å². The average molecular weight is 1120 g/mol. The first kappa shape index (κ1) is 53.7. The lowest BCUT2D eigenvalue weighted by Gasteiger charge is -2.33. The zero-order chi connectivity index (χ0) is 59.2. The van der Waals surface area contributed by atoms with Crippen molar-refractivity contribution >= 4 is 66.6 Å². The van der Waals surface area contributed by atoms with Crippen molar-refractivity contribution in [2.45, 2.75) is 119 Å². The molecule has 17 nitrogen and oxygen atoms in total. The highest BCUT2D eigenvalue weighted by Crippen LogP contribution is 2.58. The number of hydrogen-bond acceptors (Lipinski definition) is 12. The summed E-state index contributed by atoms with van der Waals surface area (Å²) in [7, 11) is 0. The van der Waals surface area contributed by atoms with Gasteiger partial charge in [0.25, 0.3) is 0 Å². The Morgan fingerprint density at radius 2 is 0.619 bits per heavy atom. The van der Waals surface area contributed by atoms with Gasteiger partial charge in [-0.2, -0.15) is 0 Å². The number of hydrogen-bond donors (Lipinski definition) is 11. The van der Waals surface area contributed by atoms with Gasteiger partial charge in [-0.25, -0.2) is 24.9 Å². The number of nitrogens with zero attached hydrogens (tertiary/aromatic N) is 6. The van der Waals surface area contributed by atoms with E-state index in [1.807, 2.05) is 77.9 Å². The summed E-state index contributed by atoms with van der Waals surface area (Å²) in [5, 5.41) is 74.9. The van der Waals surface area contributed by atoms with Gasteiger partial charge in [-0.05, 0) is 135 Å². The van der Waals surface area contributed by atoms with Crippen LogP contribution in [-0.4, -0.2) is 86.2 Å². The van der Waals surface area contributed by atoms with Crippen LogP contribution in [0.25, 0.3) is 123 Å². The number of H-pyrrole nitrogens is 5. The maximum atomic E-state index is 12.7. The zero-order valence-corrected chi connectivity index (χ0v) is 49.0. The van der Waals surface area contributed by atoms with Gasteiger partial charge in [-0.1, -0.05) is 83.1 Å². The summed E-state index contributed by atoms with van der Waals surface area (Å²) in [6.45, 7) is 24.7. The molecule has 0 radical (unpaired) electrons. The van der Waals surface area contributed by atoms with E-state index in [0.717, 1.165) is 62.6 Å². The SMILES string of the molecule is CC(C)C1=Nc2cc3[nH]c(-c4cc(O)c(-c5c(C(C)C)c(-c6cc(O)c(-c7nc8cc9[nH]c(C(C)C)nc9cc8[nH]7)cc6O)c(C(C)C)c(-c6cc(O)c(-c7nc8cc9[nH]c(C(C)C)nc9cc8[nH]7)cc6O)c5C(C)C)cc4O)nc3cc2C1. The Bertz CT molecular complexity index is 4440. The predicted molar refractivity (Wildman–Crippen MR) is 333 cm³/mol. The zero-order valence-electron chi connectivity index (χ0n) is 49.0. The summed E-state index contributed by atoms with van der Waals surface area (Å²) < 4.78 is 0. The number of benzene rings is 7. The molecule has 84 heavy (non-hydrogen) atoms. The Morgan fingerprint density at radius 3 is 0.952 bits per heavy atom. The molecule has 0 atom stereocenters. The second kappa shape index (κ2) is 19.5. The molecule has 7 aromatic carbocycles. The van der Waals surface area contributed by atoms with E-state index in [0.29, 0.717) is 84.4 Å². The second-order valence-electron chi connectivity index (χ2n) is 24.5. The van der Waals surface area contributed by atoms with Gasteiger partial charge in [0.15, 0.2) is 0 Å². The first-order chi connectivity index (χ1) is 40.0. The molecule has 0 fully saturated rings. The van der Waals surface area contributed by atoms with Crippen molar-refractivity contribution in [3.63, 3.8) is 0 Å². The van der Waals surface area contributed by atoms with Crippen LogP contribution in [-0.2, 0) is 6.42 Å². The van der Waals surface area contributed by atoms with Crippen LogP contribution in [0.2, 0.25) is 0 Å². The van der Waals surface area contributed by atoms with Crippen LogP contribution in [0.5, 0.6) is 34.5 Å². The number of fused-ring (bicyclic) bond motifs is 6. The van der Waals surface area contributed by atoms with Crippen molar-refractivity contribution in [1.29, 1.82) is 0 Å². The molecule has 17 heteroatoms. The Morgan fingerprint density at radius 1 is 0.321 bits per heavy atom. The average Bonchev–Trinajstić information content (AvgIpc) is 1.51. The van der Waals surface area contributed by atoms with Crippen molar-refractivity contribution in [2.24, 2.45) is 10.9 Å². The predicted octanol–water partition coefficient (Wildman–Crippen LogP) is 16.2. The van der Waals surface area contributed by atoms with E-state index in [1.54, 1.807) is 0 Å². The summed E-state index contributed by atoms with van der Waals surface area (Å²) in [4.78, 5) is 46.0. The Balaban J connectivity index is 1.03. The van der Waals surface area contributed by atoms with E-state index in [1.165, 1.54) is 36.4 Å². The van der Waals surface area contributed by atoms with Crippen molar-refractivity contribution in [1.82, 2.24) is 49.8 Å². The summed E-state index contributed by atoms with van der Waals surface area (Å²) >= 11 is 0. The molecule has 12 aromatic rings. The molecule has 426 valence electrons. The van der Waals surface area contributed by atoms with Gasteiger partial charge in [-0.3, -0.25) is 4.99 Å². The van der Waals surface area contributed by atoms with Crippen LogP contribution in [0, 0.1) is 5.92 Å². The number of imidazole rings is 5. The quantitative estimate of drug-likeness (QED) is 0.0512. The van der Waals surface area contributed by atoms with E-state index in [2.05, 4.69) is 66.5 Å². The molecule has 6 heterocycles. The summed E-state index contributed by atoms with van der Waals surface area (Å²) in [5.74, 6) is 1.37. The van der Waals surface area contributed by atoms with Crippen molar-refractivity contribution in [3.8, 4) is 102 Å². The maximum Gasteiger partial charge on any atom is 0.142 e. The number of phenols is 6. The minimum atomic E-state index is -0.336. The highest BCUT2D eigenvalue weighted by atomic mass is 16.3. The fourth-order valence-corrected chi connectivity index (χ4v) is 12.4. The van der Waals surface area contributed by atoms with Gasteiger partial charge in [0.05, 0.1) is 77.5 Å². The van der Waals surface area contributed by atoms with Gasteiger partial charge in [0, 0.05) is 40.7 Å². The minimum Gasteiger partial charge on any atom is -0.507 e. The number of aliphatic imine (C=N–C) groups is 1. The first-order valence-electron chi connectivity index (χ1n) is 28.8. The van der Waals surface area contributed by atoms with Crippen LogP contribution in [0.3, 0.4) is 0 Å². The second-order valence-corrected chi connectivity index (χ2v) is 24.5. The fourth-order valence-electron chi connectivity index (χ4n) is 12.4. The lowest BCUT2D eigenvalue weighted by atomic mass is 9.71. The smallest absolute Gasteiger partial charge is 0.142 e. The fraction of sp³-hybridized carbons (Fsp3) is 0.284. The monoisotopic (exact) mass is 1120 g/mol. The van der Waals surface area contributed by atoms with Crippen LogP contribution >= 0.6 is 0 Å². The molecule has 1 aliphatic heterocycles. The lowest BCUT2D eigenvalue weighted by molar-refractivity contribution is 0.462. The molecular weight excluding hydrogens is 1050 g/mol. The standard InChI is InChI=1S/C67H67N11O6/c1-26(2)39-13-32-14-41-42(21-40(32)68-39)74-65(73-41)36-18-51(79)33(15-54(36)82)60-57(27(3)4)61(34-16-55(83)37(19-52(34)80)66-75-47-22-43-44(23-48(47)76-66)70-63(69-43)30(9)10)59(29(7)8)62(58(60)28(5)6)35-17-56(84)38(20-53(35)81)67-77-49-24-45-46(25-50(49)78-67)72-64(71-45)31(11)12/h14-31,79-84H,13H2,1-12H3,(H,69,70)(H,71,72)(H,73,74)(H,75,76)(H,77,78). The van der Waals surface area contributed by atoms with E-state index in [-0.39, 0.29) is 97.5 Å². The molecule has 5 aromatic heterocycles. The van der Waals surface area contributed by atoms with Crippen molar-refractivity contribution < 1.29 is 30.6 Å². The third-order valence-electron chi connectivity index (χ3n) is 16.5. The van der Waals surface area contributed by atoms with Crippen molar-refractivity contribution in [2.75, 3.05) is 0 Å². The van der Waals surface area contributed by atoms with Gasteiger partial charge in [-0.15, -0.1) is 0 Å². The molecule has 0 spiro atoms. The summed E-state index contributed by atoms with van der Waals surface area (Å²) in [6, 6.07) is 20.7. The topological polar surface area (TPSA) is 277 Å². The molecule has 0 unspecified atom stereocenters. The third-order valence-corrected chi connectivity index (χ3v) is 16.5. The largest absolute Gasteiger partial charge is 0.507 e. The van der Waals surface area contributed by atoms with Crippen LogP contribution in [0.1, 0.15) is 147 Å². The summed E-state index contributed by atoms with van der Waals surface area (Å²) in [6.07, 6.45) is 0.734. The highest BCUT2D eigenvalue weighted by molar-refractivity contribution is 6.02. The highest BCUT2D eigenvalue weighted by Gasteiger charge is 2.35. The summed E-state index contributed by atoms with van der Waals surface area (Å²) in [5.41, 5.74) is 15.6. The molecule has 1 aliphatic rings. The van der Waals surface area contributed by atoms with Crippen LogP contribution in [0.4, 0.5) is 5.69 Å². The van der Waals surface area contributed by atoms with E-state index in [4.69, 9.17) is 29.9 Å². The number of aromatic hydroxyl groups is 6. The van der Waals surface area contributed by atoms with Gasteiger partial charge in [0.2, 0.25) is 0 Å². The Hall–Kier alpha value is -9.64. The maximum absolute atomic E-state index is 12.7. The van der Waals surface area contributed by atoms with Crippen LogP contribution < -0.4 is 0 Å². The third kappa shape index (κ3) is 8.65. The van der Waals surface area contributed by atoms with Crippen LogP contribution in [0.15, 0.2) is 77.8 Å². The molecule has 0 bridgehead atoms. The first-order valence-corrected chi connectivity index (χ1v) is 28.8. The molecule has 13 rings (SSSR count). The number of rotatable bonds is 12. The molecular formula is C67H67N11O6. The molecule has 0 amide bonds. The van der Waals surface area contributed by atoms with E-state index in [9.17, 15) is 30.6 Å². The number of aromatic nitrogens is 10. The molecule has 0 saturated carbocycles. The van der Waals surface area contributed by atoms with E-state index < -0.39 is 0 Å². The normalized spacial score (nSPS) is 13.0. The van der Waals surface area contributed by atoms with Gasteiger partial charge < -0.3 is 55.6 Å². The number of aromatic amines is 5. The number of phenolic OH excluding ortho intramolecular Hbond substituents is 6. The Kier molecular flexibility index (Phi) is 12.5. The molecule has 11 N–H and O–H groups in total.